The number of rotatable bonds is 4. The summed E-state index contributed by atoms with van der Waals surface area (Å²) in [5.74, 6) is 0. The highest BCUT2D eigenvalue weighted by Gasteiger charge is 2.02. The molecule has 0 spiro atoms. The van der Waals surface area contributed by atoms with Crippen molar-refractivity contribution < 1.29 is 0 Å². The molecule has 1 aromatic rings. The number of nitrogens with two attached hydrogens (primary N) is 1. The predicted molar refractivity (Wildman–Crippen MR) is 57.5 cm³/mol. The molecule has 0 saturated carbocycles. The van der Waals surface area contributed by atoms with E-state index in [9.17, 15) is 0 Å². The standard InChI is InChI=1S/C11H15N3/c1-9(14-8-2-7-12)10-3-5-11(13)6-4-10/h3-6,9,14H,2,8,13H2,1H3. The quantitative estimate of drug-likeness (QED) is 0.561. The van der Waals surface area contributed by atoms with Crippen LogP contribution >= 0.6 is 0 Å². The Morgan fingerprint density at radius 2 is 2.07 bits per heavy atom. The molecular formula is C11H15N3. The summed E-state index contributed by atoms with van der Waals surface area (Å²) in [7, 11) is 0. The van der Waals surface area contributed by atoms with Crippen LogP contribution in [0.4, 0.5) is 5.69 Å². The zero-order valence-electron chi connectivity index (χ0n) is 8.33. The highest BCUT2D eigenvalue weighted by Crippen LogP contribution is 2.13. The fourth-order valence-electron chi connectivity index (χ4n) is 1.25. The molecule has 0 aliphatic carbocycles. The minimum atomic E-state index is 0.268. The molecule has 0 fully saturated rings. The van der Waals surface area contributed by atoms with E-state index < -0.39 is 0 Å². The van der Waals surface area contributed by atoms with E-state index >= 15 is 0 Å². The third-order valence-corrected chi connectivity index (χ3v) is 2.12. The topological polar surface area (TPSA) is 61.8 Å². The maximum atomic E-state index is 8.38. The summed E-state index contributed by atoms with van der Waals surface area (Å²) in [5.41, 5.74) is 7.55. The summed E-state index contributed by atoms with van der Waals surface area (Å²) in [6.45, 7) is 2.80. The van der Waals surface area contributed by atoms with Gasteiger partial charge in [0.15, 0.2) is 0 Å². The first-order valence-corrected chi connectivity index (χ1v) is 4.70. The van der Waals surface area contributed by atoms with Crippen LogP contribution in [0.3, 0.4) is 0 Å². The molecule has 0 radical (unpaired) electrons. The lowest BCUT2D eigenvalue weighted by molar-refractivity contribution is 0.583. The van der Waals surface area contributed by atoms with E-state index in [1.165, 1.54) is 5.56 Å². The number of anilines is 1. The Morgan fingerprint density at radius 3 is 2.64 bits per heavy atom. The zero-order valence-corrected chi connectivity index (χ0v) is 8.33. The third-order valence-electron chi connectivity index (χ3n) is 2.12. The van der Waals surface area contributed by atoms with Crippen molar-refractivity contribution in [3.05, 3.63) is 29.8 Å². The van der Waals surface area contributed by atoms with Gasteiger partial charge in [0.25, 0.3) is 0 Å². The summed E-state index contributed by atoms with van der Waals surface area (Å²) in [4.78, 5) is 0. The van der Waals surface area contributed by atoms with Crippen LogP contribution in [0.5, 0.6) is 0 Å². The van der Waals surface area contributed by atoms with Crippen molar-refractivity contribution in [2.75, 3.05) is 12.3 Å². The highest BCUT2D eigenvalue weighted by molar-refractivity contribution is 5.39. The van der Waals surface area contributed by atoms with Gasteiger partial charge in [-0.25, -0.2) is 0 Å². The molecule has 0 heterocycles. The van der Waals surface area contributed by atoms with Gasteiger partial charge in [0.05, 0.1) is 6.07 Å². The molecule has 0 aliphatic rings. The Kier molecular flexibility index (Phi) is 3.96. The number of hydrogen-bond donors (Lipinski definition) is 2. The molecular weight excluding hydrogens is 174 g/mol. The van der Waals surface area contributed by atoms with Crippen molar-refractivity contribution >= 4 is 5.69 Å². The zero-order chi connectivity index (χ0) is 10.4. The Balaban J connectivity index is 2.48. The summed E-state index contributed by atoms with van der Waals surface area (Å²) < 4.78 is 0. The van der Waals surface area contributed by atoms with Crippen molar-refractivity contribution in [2.45, 2.75) is 19.4 Å². The van der Waals surface area contributed by atoms with Crippen LogP contribution in [0.1, 0.15) is 24.9 Å². The van der Waals surface area contributed by atoms with E-state index in [1.54, 1.807) is 0 Å². The fraction of sp³-hybridized carbons (Fsp3) is 0.364. The van der Waals surface area contributed by atoms with E-state index in [-0.39, 0.29) is 6.04 Å². The monoisotopic (exact) mass is 189 g/mol. The number of nitrogen functional groups attached to an aromatic ring is 1. The molecule has 0 amide bonds. The Morgan fingerprint density at radius 1 is 1.43 bits per heavy atom. The Bertz CT molecular complexity index is 310. The maximum Gasteiger partial charge on any atom is 0.0635 e. The van der Waals surface area contributed by atoms with Gasteiger partial charge in [0.1, 0.15) is 0 Å². The Labute approximate surface area is 84.5 Å². The molecule has 3 nitrogen and oxygen atoms in total. The lowest BCUT2D eigenvalue weighted by Crippen LogP contribution is -2.19. The Hall–Kier alpha value is -1.53. The minimum Gasteiger partial charge on any atom is -0.399 e. The SMILES string of the molecule is CC(NCCC#N)c1ccc(N)cc1. The van der Waals surface area contributed by atoms with E-state index in [2.05, 4.69) is 18.3 Å². The van der Waals surface area contributed by atoms with Crippen LogP contribution in [0.2, 0.25) is 0 Å². The average Bonchev–Trinajstić information content (AvgIpc) is 2.19. The van der Waals surface area contributed by atoms with Gasteiger partial charge >= 0.3 is 0 Å². The molecule has 3 heteroatoms. The lowest BCUT2D eigenvalue weighted by atomic mass is 10.1. The van der Waals surface area contributed by atoms with Gasteiger partial charge in [-0.2, -0.15) is 5.26 Å². The number of benzene rings is 1. The van der Waals surface area contributed by atoms with E-state index in [4.69, 9.17) is 11.0 Å². The fourth-order valence-corrected chi connectivity index (χ4v) is 1.25. The lowest BCUT2D eigenvalue weighted by Gasteiger charge is -2.12. The second-order valence-electron chi connectivity index (χ2n) is 3.25. The maximum absolute atomic E-state index is 8.38. The molecule has 0 aliphatic heterocycles. The number of nitrogens with zero attached hydrogens (tertiary/aromatic N) is 1. The molecule has 0 aromatic heterocycles. The molecule has 1 rings (SSSR count). The van der Waals surface area contributed by atoms with Crippen molar-refractivity contribution in [1.29, 1.82) is 5.26 Å². The minimum absolute atomic E-state index is 0.268. The molecule has 74 valence electrons. The molecule has 14 heavy (non-hydrogen) atoms. The van der Waals surface area contributed by atoms with Gasteiger partial charge in [-0.05, 0) is 24.6 Å². The first-order valence-electron chi connectivity index (χ1n) is 4.70. The third kappa shape index (κ3) is 3.08. The first kappa shape index (κ1) is 10.6. The smallest absolute Gasteiger partial charge is 0.0635 e. The van der Waals surface area contributed by atoms with E-state index in [1.807, 2.05) is 24.3 Å². The molecule has 3 N–H and O–H groups in total. The van der Waals surface area contributed by atoms with Gasteiger partial charge in [0, 0.05) is 24.7 Å². The second kappa shape index (κ2) is 5.25. The van der Waals surface area contributed by atoms with Gasteiger partial charge in [-0.3, -0.25) is 0 Å². The predicted octanol–water partition coefficient (Wildman–Crippen LogP) is 1.83. The van der Waals surface area contributed by atoms with Gasteiger partial charge in [0.2, 0.25) is 0 Å². The van der Waals surface area contributed by atoms with Crippen LogP contribution in [0.15, 0.2) is 24.3 Å². The summed E-state index contributed by atoms with van der Waals surface area (Å²) in [6.07, 6.45) is 0.541. The largest absolute Gasteiger partial charge is 0.399 e. The first-order chi connectivity index (χ1) is 6.74. The molecule has 1 unspecified atom stereocenters. The molecule has 1 aromatic carbocycles. The number of hydrogen-bond acceptors (Lipinski definition) is 3. The van der Waals surface area contributed by atoms with Crippen LogP contribution < -0.4 is 11.1 Å². The molecule has 0 saturated heterocycles. The average molecular weight is 189 g/mol. The van der Waals surface area contributed by atoms with Crippen molar-refractivity contribution in [2.24, 2.45) is 0 Å². The van der Waals surface area contributed by atoms with Crippen LogP contribution in [0.25, 0.3) is 0 Å². The van der Waals surface area contributed by atoms with Crippen molar-refractivity contribution in [3.63, 3.8) is 0 Å². The number of nitriles is 1. The molecule has 0 bridgehead atoms. The number of nitrogens with one attached hydrogen (secondary N) is 1. The van der Waals surface area contributed by atoms with Crippen molar-refractivity contribution in [3.8, 4) is 6.07 Å². The van der Waals surface area contributed by atoms with Crippen molar-refractivity contribution in [1.82, 2.24) is 5.32 Å². The van der Waals surface area contributed by atoms with E-state index in [0.717, 1.165) is 12.2 Å². The van der Waals surface area contributed by atoms with Gasteiger partial charge < -0.3 is 11.1 Å². The normalized spacial score (nSPS) is 12.0. The summed E-state index contributed by atoms with van der Waals surface area (Å²) in [6, 6.07) is 10.1. The summed E-state index contributed by atoms with van der Waals surface area (Å²) in [5, 5.41) is 11.6. The van der Waals surface area contributed by atoms with E-state index in [0.29, 0.717) is 6.42 Å². The molecule has 1 atom stereocenters. The van der Waals surface area contributed by atoms with Crippen LogP contribution in [0, 0.1) is 11.3 Å². The van der Waals surface area contributed by atoms with Gasteiger partial charge in [-0.15, -0.1) is 0 Å². The second-order valence-corrected chi connectivity index (χ2v) is 3.25. The van der Waals surface area contributed by atoms with Crippen LogP contribution in [-0.4, -0.2) is 6.54 Å². The highest BCUT2D eigenvalue weighted by atomic mass is 14.9. The van der Waals surface area contributed by atoms with Crippen LogP contribution in [-0.2, 0) is 0 Å². The summed E-state index contributed by atoms with van der Waals surface area (Å²) >= 11 is 0. The van der Waals surface area contributed by atoms with Gasteiger partial charge in [-0.1, -0.05) is 12.1 Å².